The number of hydrogen-bond acceptors (Lipinski definition) is 7. The number of thioether (sulfide) groups is 1. The summed E-state index contributed by atoms with van der Waals surface area (Å²) in [6.45, 7) is 2.15. The summed E-state index contributed by atoms with van der Waals surface area (Å²) >= 11 is 1.45. The Morgan fingerprint density at radius 1 is 1.55 bits per heavy atom. The number of aliphatic imine (C=N–C) groups is 1. The van der Waals surface area contributed by atoms with E-state index in [1.807, 2.05) is 0 Å². The predicted molar refractivity (Wildman–Crippen MR) is 74.8 cm³/mol. The SMILES string of the molecule is CCNC(=O)OCC1OC2SC(=NC)CC2C(O)C1O. The minimum Gasteiger partial charge on any atom is -0.447 e. The maximum Gasteiger partial charge on any atom is 0.407 e. The Balaban J connectivity index is 1.93. The second kappa shape index (κ2) is 6.75. The minimum absolute atomic E-state index is 0.0908. The van der Waals surface area contributed by atoms with Gasteiger partial charge in [0.25, 0.3) is 0 Å². The molecule has 0 aromatic rings. The highest BCUT2D eigenvalue weighted by atomic mass is 32.2. The number of carbonyl (C=O) groups is 1. The second-order valence-corrected chi connectivity index (χ2v) is 5.93. The Labute approximate surface area is 121 Å². The summed E-state index contributed by atoms with van der Waals surface area (Å²) in [5.74, 6) is -0.172. The Kier molecular flexibility index (Phi) is 5.25. The molecule has 114 valence electrons. The number of rotatable bonds is 3. The Hall–Kier alpha value is -0.830. The first kappa shape index (κ1) is 15.6. The molecule has 0 saturated carbocycles. The summed E-state index contributed by atoms with van der Waals surface area (Å²) in [6.07, 6.45) is -2.65. The van der Waals surface area contributed by atoms with Gasteiger partial charge in [0, 0.05) is 25.9 Å². The van der Waals surface area contributed by atoms with Crippen molar-refractivity contribution in [2.24, 2.45) is 10.9 Å². The fourth-order valence-corrected chi connectivity index (χ4v) is 3.63. The fourth-order valence-electron chi connectivity index (χ4n) is 2.34. The number of nitrogens with zero attached hydrogens (tertiary/aromatic N) is 1. The van der Waals surface area contributed by atoms with Crippen LogP contribution >= 0.6 is 11.8 Å². The van der Waals surface area contributed by atoms with Crippen LogP contribution in [0.25, 0.3) is 0 Å². The topological polar surface area (TPSA) is 100 Å². The van der Waals surface area contributed by atoms with E-state index in [1.54, 1.807) is 14.0 Å². The third-order valence-electron chi connectivity index (χ3n) is 3.44. The maximum atomic E-state index is 11.2. The number of amides is 1. The monoisotopic (exact) mass is 304 g/mol. The van der Waals surface area contributed by atoms with Crippen LogP contribution in [0.4, 0.5) is 4.79 Å². The summed E-state index contributed by atoms with van der Waals surface area (Å²) in [5, 5.41) is 23.6. The second-order valence-electron chi connectivity index (χ2n) is 4.76. The highest BCUT2D eigenvalue weighted by molar-refractivity contribution is 8.14. The molecule has 0 spiro atoms. The van der Waals surface area contributed by atoms with Crippen molar-refractivity contribution < 1.29 is 24.5 Å². The smallest absolute Gasteiger partial charge is 0.407 e. The van der Waals surface area contributed by atoms with E-state index in [-0.39, 0.29) is 18.0 Å². The molecule has 2 aliphatic rings. The van der Waals surface area contributed by atoms with E-state index in [2.05, 4.69) is 10.3 Å². The summed E-state index contributed by atoms with van der Waals surface area (Å²) in [7, 11) is 1.69. The van der Waals surface area contributed by atoms with E-state index >= 15 is 0 Å². The van der Waals surface area contributed by atoms with Crippen LogP contribution in [0.3, 0.4) is 0 Å². The lowest BCUT2D eigenvalue weighted by Gasteiger charge is -2.38. The van der Waals surface area contributed by atoms with Crippen LogP contribution in [0.15, 0.2) is 4.99 Å². The molecule has 3 N–H and O–H groups in total. The third-order valence-corrected chi connectivity index (χ3v) is 4.75. The average Bonchev–Trinajstić information content (AvgIpc) is 2.85. The molecule has 2 saturated heterocycles. The Morgan fingerprint density at radius 2 is 2.30 bits per heavy atom. The first-order chi connectivity index (χ1) is 9.56. The van der Waals surface area contributed by atoms with Crippen molar-refractivity contribution in [3.8, 4) is 0 Å². The number of nitrogens with one attached hydrogen (secondary N) is 1. The molecule has 0 aliphatic carbocycles. The predicted octanol–water partition coefficient (Wildman–Crippen LogP) is -0.0394. The van der Waals surface area contributed by atoms with Gasteiger partial charge in [-0.3, -0.25) is 4.99 Å². The zero-order valence-electron chi connectivity index (χ0n) is 11.5. The van der Waals surface area contributed by atoms with Gasteiger partial charge in [-0.15, -0.1) is 0 Å². The lowest BCUT2D eigenvalue weighted by molar-refractivity contribution is -0.181. The molecule has 20 heavy (non-hydrogen) atoms. The van der Waals surface area contributed by atoms with Crippen LogP contribution in [0.1, 0.15) is 13.3 Å². The van der Waals surface area contributed by atoms with Crippen molar-refractivity contribution in [2.75, 3.05) is 20.2 Å². The minimum atomic E-state index is -1.07. The zero-order chi connectivity index (χ0) is 14.7. The van der Waals surface area contributed by atoms with Gasteiger partial charge in [0.15, 0.2) is 0 Å². The lowest BCUT2D eigenvalue weighted by Crippen LogP contribution is -2.53. The number of ether oxygens (including phenoxy) is 2. The van der Waals surface area contributed by atoms with Gasteiger partial charge in [-0.25, -0.2) is 4.79 Å². The van der Waals surface area contributed by atoms with Crippen LogP contribution in [-0.4, -0.2) is 65.3 Å². The molecule has 0 radical (unpaired) electrons. The maximum absolute atomic E-state index is 11.2. The number of aliphatic hydroxyl groups excluding tert-OH is 2. The van der Waals surface area contributed by atoms with E-state index in [4.69, 9.17) is 9.47 Å². The molecule has 8 heteroatoms. The van der Waals surface area contributed by atoms with Gasteiger partial charge in [0.05, 0.1) is 11.1 Å². The standard InChI is InChI=1S/C12H20N2O5S/c1-3-14-12(17)18-5-7-10(16)9(15)6-4-8(13-2)20-11(6)19-7/h6-7,9-11,15-16H,3-5H2,1-2H3,(H,14,17). The first-order valence-corrected chi connectivity index (χ1v) is 7.49. The zero-order valence-corrected chi connectivity index (χ0v) is 12.3. The van der Waals surface area contributed by atoms with E-state index in [9.17, 15) is 15.0 Å². The van der Waals surface area contributed by atoms with Gasteiger partial charge < -0.3 is 25.0 Å². The summed E-state index contributed by atoms with van der Waals surface area (Å²) in [4.78, 5) is 15.3. The van der Waals surface area contributed by atoms with Crippen LogP contribution in [0, 0.1) is 5.92 Å². The fraction of sp³-hybridized carbons (Fsp3) is 0.833. The van der Waals surface area contributed by atoms with E-state index in [0.717, 1.165) is 5.04 Å². The quantitative estimate of drug-likeness (QED) is 0.676. The Bertz CT molecular complexity index is 392. The molecule has 7 nitrogen and oxygen atoms in total. The van der Waals surface area contributed by atoms with E-state index < -0.39 is 24.4 Å². The molecule has 0 aromatic heterocycles. The molecule has 2 fully saturated rings. The van der Waals surface area contributed by atoms with Crippen LogP contribution in [-0.2, 0) is 9.47 Å². The van der Waals surface area contributed by atoms with Gasteiger partial charge in [-0.05, 0) is 6.92 Å². The summed E-state index contributed by atoms with van der Waals surface area (Å²) < 4.78 is 10.7. The van der Waals surface area contributed by atoms with Crippen molar-refractivity contribution in [2.45, 2.75) is 37.1 Å². The third kappa shape index (κ3) is 3.25. The molecular weight excluding hydrogens is 284 g/mol. The van der Waals surface area contributed by atoms with Gasteiger partial charge in [0.2, 0.25) is 0 Å². The highest BCUT2D eigenvalue weighted by Gasteiger charge is 2.49. The van der Waals surface area contributed by atoms with Gasteiger partial charge in [-0.1, -0.05) is 11.8 Å². The lowest BCUT2D eigenvalue weighted by atomic mass is 9.90. The molecular formula is C12H20N2O5S. The molecule has 5 atom stereocenters. The van der Waals surface area contributed by atoms with Crippen LogP contribution in [0.5, 0.6) is 0 Å². The molecule has 2 rings (SSSR count). The van der Waals surface area contributed by atoms with Gasteiger partial charge >= 0.3 is 6.09 Å². The number of alkyl carbamates (subject to hydrolysis) is 1. The van der Waals surface area contributed by atoms with Crippen LogP contribution in [0.2, 0.25) is 0 Å². The van der Waals surface area contributed by atoms with E-state index in [0.29, 0.717) is 13.0 Å². The van der Waals surface area contributed by atoms with Gasteiger partial charge in [0.1, 0.15) is 24.3 Å². The molecule has 2 aliphatic heterocycles. The Morgan fingerprint density at radius 3 is 2.95 bits per heavy atom. The number of carbonyl (C=O) groups excluding carboxylic acids is 1. The van der Waals surface area contributed by atoms with Crippen molar-refractivity contribution in [1.82, 2.24) is 5.32 Å². The first-order valence-electron chi connectivity index (χ1n) is 6.61. The molecule has 2 heterocycles. The van der Waals surface area contributed by atoms with Crippen LogP contribution < -0.4 is 5.32 Å². The normalized spacial score (nSPS) is 38.6. The highest BCUT2D eigenvalue weighted by Crippen LogP contribution is 2.42. The molecule has 5 unspecified atom stereocenters. The number of fused-ring (bicyclic) bond motifs is 1. The molecule has 0 aromatic carbocycles. The largest absolute Gasteiger partial charge is 0.447 e. The number of hydrogen-bond donors (Lipinski definition) is 3. The molecule has 0 bridgehead atoms. The summed E-state index contributed by atoms with van der Waals surface area (Å²) in [5.41, 5.74) is -0.255. The number of aliphatic hydroxyl groups is 2. The van der Waals surface area contributed by atoms with Crippen molar-refractivity contribution in [3.05, 3.63) is 0 Å². The van der Waals surface area contributed by atoms with Crippen molar-refractivity contribution in [1.29, 1.82) is 0 Å². The van der Waals surface area contributed by atoms with Crippen molar-refractivity contribution in [3.63, 3.8) is 0 Å². The molecule has 1 amide bonds. The summed E-state index contributed by atoms with van der Waals surface area (Å²) in [6, 6.07) is 0. The van der Waals surface area contributed by atoms with Gasteiger partial charge in [-0.2, -0.15) is 0 Å². The van der Waals surface area contributed by atoms with E-state index in [1.165, 1.54) is 11.8 Å². The van der Waals surface area contributed by atoms with Crippen molar-refractivity contribution >= 4 is 22.9 Å². The average molecular weight is 304 g/mol.